The molecule has 0 spiro atoms. The second-order valence-corrected chi connectivity index (χ2v) is 7.25. The lowest BCUT2D eigenvalue weighted by Crippen LogP contribution is -2.24. The van der Waals surface area contributed by atoms with Gasteiger partial charge >= 0.3 is 0 Å². The van der Waals surface area contributed by atoms with E-state index in [1.165, 1.54) is 23.7 Å². The molecule has 0 bridgehead atoms. The number of hydrogen-bond donors (Lipinski definition) is 2. The van der Waals surface area contributed by atoms with Crippen molar-refractivity contribution in [1.82, 2.24) is 19.9 Å². The molecule has 25 heavy (non-hydrogen) atoms. The fraction of sp³-hybridized carbons (Fsp3) is 0.333. The van der Waals surface area contributed by atoms with Crippen molar-refractivity contribution >= 4 is 34.5 Å². The minimum Gasteiger partial charge on any atom is -0.341 e. The first-order valence-electron chi connectivity index (χ1n) is 8.30. The number of aromatic amines is 1. The summed E-state index contributed by atoms with van der Waals surface area (Å²) in [4.78, 5) is 28.2. The number of amides is 1. The number of hydrogen-bond acceptors (Lipinski definition) is 5. The molecular formula is C18H21N5OS. The van der Waals surface area contributed by atoms with Gasteiger partial charge in [-0.05, 0) is 30.0 Å². The van der Waals surface area contributed by atoms with Crippen LogP contribution in [0.3, 0.4) is 0 Å². The molecule has 2 aromatic heterocycles. The number of rotatable bonds is 6. The van der Waals surface area contributed by atoms with Crippen molar-refractivity contribution in [2.45, 2.75) is 43.4 Å². The Morgan fingerprint density at radius 2 is 1.96 bits per heavy atom. The van der Waals surface area contributed by atoms with E-state index in [2.05, 4.69) is 39.1 Å². The number of imidazole rings is 1. The number of H-pyrrole nitrogens is 1. The SMILES string of the molecule is CCC(Sc1ncnc2nc[nH]c12)C(=O)Nc1ccc(C(C)C)cc1. The van der Waals surface area contributed by atoms with Crippen LogP contribution in [-0.2, 0) is 4.79 Å². The highest BCUT2D eigenvalue weighted by Gasteiger charge is 2.20. The molecule has 0 aliphatic rings. The number of carbonyl (C=O) groups is 1. The Morgan fingerprint density at radius 1 is 1.20 bits per heavy atom. The summed E-state index contributed by atoms with van der Waals surface area (Å²) in [6.45, 7) is 6.29. The monoisotopic (exact) mass is 355 g/mol. The second kappa shape index (κ2) is 7.65. The van der Waals surface area contributed by atoms with Gasteiger partial charge in [-0.1, -0.05) is 44.7 Å². The van der Waals surface area contributed by atoms with E-state index in [1.807, 2.05) is 31.2 Å². The van der Waals surface area contributed by atoms with E-state index in [0.29, 0.717) is 18.0 Å². The smallest absolute Gasteiger partial charge is 0.237 e. The molecular weight excluding hydrogens is 334 g/mol. The molecule has 6 nitrogen and oxygen atoms in total. The number of aromatic nitrogens is 4. The average molecular weight is 355 g/mol. The van der Waals surface area contributed by atoms with E-state index in [0.717, 1.165) is 16.2 Å². The Bertz CT molecular complexity index is 859. The van der Waals surface area contributed by atoms with E-state index in [1.54, 1.807) is 6.33 Å². The summed E-state index contributed by atoms with van der Waals surface area (Å²) >= 11 is 1.42. The molecule has 0 aliphatic carbocycles. The van der Waals surface area contributed by atoms with Gasteiger partial charge in [-0.25, -0.2) is 15.0 Å². The lowest BCUT2D eigenvalue weighted by Gasteiger charge is -2.15. The van der Waals surface area contributed by atoms with Crippen LogP contribution >= 0.6 is 11.8 Å². The predicted molar refractivity (Wildman–Crippen MR) is 101 cm³/mol. The van der Waals surface area contributed by atoms with Crippen LogP contribution in [0.15, 0.2) is 41.9 Å². The van der Waals surface area contributed by atoms with Crippen LogP contribution in [0.1, 0.15) is 38.7 Å². The van der Waals surface area contributed by atoms with E-state index in [4.69, 9.17) is 0 Å². The lowest BCUT2D eigenvalue weighted by molar-refractivity contribution is -0.115. The molecule has 0 fully saturated rings. The lowest BCUT2D eigenvalue weighted by atomic mass is 10.0. The fourth-order valence-corrected chi connectivity index (χ4v) is 3.44. The summed E-state index contributed by atoms with van der Waals surface area (Å²) in [5, 5.41) is 3.48. The fourth-order valence-electron chi connectivity index (χ4n) is 2.46. The number of nitrogens with zero attached hydrogens (tertiary/aromatic N) is 3. The molecule has 1 atom stereocenters. The number of anilines is 1. The minimum atomic E-state index is -0.244. The molecule has 1 amide bonds. The van der Waals surface area contributed by atoms with Crippen LogP contribution in [0.5, 0.6) is 0 Å². The summed E-state index contributed by atoms with van der Waals surface area (Å²) in [7, 11) is 0. The summed E-state index contributed by atoms with van der Waals surface area (Å²) in [6.07, 6.45) is 3.75. The molecule has 1 aromatic carbocycles. The van der Waals surface area contributed by atoms with Gasteiger partial charge in [0, 0.05) is 5.69 Å². The maximum atomic E-state index is 12.6. The summed E-state index contributed by atoms with van der Waals surface area (Å²) in [6, 6.07) is 7.99. The Morgan fingerprint density at radius 3 is 2.64 bits per heavy atom. The van der Waals surface area contributed by atoms with Crippen LogP contribution in [0, 0.1) is 0 Å². The first-order chi connectivity index (χ1) is 12.1. The highest BCUT2D eigenvalue weighted by atomic mass is 32.2. The Kier molecular flexibility index (Phi) is 5.33. The van der Waals surface area contributed by atoms with Crippen LogP contribution < -0.4 is 5.32 Å². The Balaban J connectivity index is 1.72. The highest BCUT2D eigenvalue weighted by molar-refractivity contribution is 8.00. The van der Waals surface area contributed by atoms with Crippen molar-refractivity contribution in [3.63, 3.8) is 0 Å². The second-order valence-electron chi connectivity index (χ2n) is 6.06. The summed E-state index contributed by atoms with van der Waals surface area (Å²) in [5.41, 5.74) is 3.43. The zero-order chi connectivity index (χ0) is 17.8. The maximum Gasteiger partial charge on any atom is 0.237 e. The van der Waals surface area contributed by atoms with Gasteiger partial charge in [0.15, 0.2) is 5.65 Å². The first kappa shape index (κ1) is 17.4. The summed E-state index contributed by atoms with van der Waals surface area (Å²) in [5.74, 6) is 0.439. The number of thioether (sulfide) groups is 1. The van der Waals surface area contributed by atoms with Crippen LogP contribution in [0.2, 0.25) is 0 Å². The molecule has 0 saturated heterocycles. The van der Waals surface area contributed by atoms with Gasteiger partial charge in [-0.3, -0.25) is 4.79 Å². The van der Waals surface area contributed by atoms with Gasteiger partial charge in [0.1, 0.15) is 16.9 Å². The molecule has 2 heterocycles. The van der Waals surface area contributed by atoms with Gasteiger partial charge in [-0.2, -0.15) is 0 Å². The molecule has 2 N–H and O–H groups in total. The average Bonchev–Trinajstić information content (AvgIpc) is 3.09. The molecule has 0 saturated carbocycles. The Hall–Kier alpha value is -2.41. The molecule has 130 valence electrons. The van der Waals surface area contributed by atoms with Crippen molar-refractivity contribution in [3.05, 3.63) is 42.5 Å². The van der Waals surface area contributed by atoms with Crippen molar-refractivity contribution in [1.29, 1.82) is 0 Å². The van der Waals surface area contributed by atoms with Gasteiger partial charge in [0.05, 0.1) is 11.6 Å². The van der Waals surface area contributed by atoms with Gasteiger partial charge in [0.25, 0.3) is 0 Å². The molecule has 3 rings (SSSR count). The van der Waals surface area contributed by atoms with E-state index in [-0.39, 0.29) is 11.2 Å². The highest BCUT2D eigenvalue weighted by Crippen LogP contribution is 2.28. The zero-order valence-electron chi connectivity index (χ0n) is 14.5. The normalized spacial score (nSPS) is 12.5. The van der Waals surface area contributed by atoms with Gasteiger partial charge in [0.2, 0.25) is 5.91 Å². The molecule has 3 aromatic rings. The Labute approximate surface area is 150 Å². The molecule has 0 aliphatic heterocycles. The number of nitrogens with one attached hydrogen (secondary N) is 2. The maximum absolute atomic E-state index is 12.6. The first-order valence-corrected chi connectivity index (χ1v) is 9.18. The number of fused-ring (bicyclic) bond motifs is 1. The third kappa shape index (κ3) is 3.99. The topological polar surface area (TPSA) is 83.6 Å². The van der Waals surface area contributed by atoms with Crippen molar-refractivity contribution < 1.29 is 4.79 Å². The minimum absolute atomic E-state index is 0.0314. The quantitative estimate of drug-likeness (QED) is 0.516. The summed E-state index contributed by atoms with van der Waals surface area (Å²) < 4.78 is 0. The molecule has 7 heteroatoms. The third-order valence-corrected chi connectivity index (χ3v) is 5.31. The van der Waals surface area contributed by atoms with Gasteiger partial charge in [-0.15, -0.1) is 0 Å². The molecule has 0 radical (unpaired) electrons. The van der Waals surface area contributed by atoms with Crippen molar-refractivity contribution in [3.8, 4) is 0 Å². The standard InChI is InChI=1S/C18H21N5OS/c1-4-14(25-18-15-16(20-9-19-15)21-10-22-18)17(24)23-13-7-5-12(6-8-13)11(2)3/h5-11,14H,4H2,1-3H3,(H,23,24)(H,19,20,21,22). The third-order valence-electron chi connectivity index (χ3n) is 3.95. The van der Waals surface area contributed by atoms with Crippen molar-refractivity contribution in [2.75, 3.05) is 5.32 Å². The number of benzene rings is 1. The van der Waals surface area contributed by atoms with E-state index < -0.39 is 0 Å². The van der Waals surface area contributed by atoms with Crippen LogP contribution in [-0.4, -0.2) is 31.1 Å². The predicted octanol–water partition coefficient (Wildman–Crippen LogP) is 3.99. The van der Waals surface area contributed by atoms with E-state index >= 15 is 0 Å². The van der Waals surface area contributed by atoms with Gasteiger partial charge < -0.3 is 10.3 Å². The molecule has 1 unspecified atom stereocenters. The van der Waals surface area contributed by atoms with Crippen LogP contribution in [0.4, 0.5) is 5.69 Å². The van der Waals surface area contributed by atoms with E-state index in [9.17, 15) is 4.79 Å². The zero-order valence-corrected chi connectivity index (χ0v) is 15.3. The number of carbonyl (C=O) groups excluding carboxylic acids is 1. The van der Waals surface area contributed by atoms with Crippen molar-refractivity contribution in [2.24, 2.45) is 0 Å². The largest absolute Gasteiger partial charge is 0.341 e. The van der Waals surface area contributed by atoms with Crippen LogP contribution in [0.25, 0.3) is 11.2 Å².